The van der Waals surface area contributed by atoms with Gasteiger partial charge in [0.25, 0.3) is 0 Å². The molecule has 1 saturated heterocycles. The molecule has 1 aliphatic rings. The Morgan fingerprint density at radius 3 is 2.41 bits per heavy atom. The van der Waals surface area contributed by atoms with Crippen LogP contribution in [0.2, 0.25) is 0 Å². The van der Waals surface area contributed by atoms with E-state index in [1.165, 1.54) is 9.87 Å². The minimum Gasteiger partial charge on any atom is -0.356 e. The first-order valence-corrected chi connectivity index (χ1v) is 10.9. The van der Waals surface area contributed by atoms with Crippen LogP contribution in [0.1, 0.15) is 24.8 Å². The summed E-state index contributed by atoms with van der Waals surface area (Å²) in [6.45, 7) is 1.33. The van der Waals surface area contributed by atoms with Crippen LogP contribution >= 0.6 is 0 Å². The maximum absolute atomic E-state index is 12.8. The van der Waals surface area contributed by atoms with Gasteiger partial charge in [-0.2, -0.15) is 4.31 Å². The lowest BCUT2D eigenvalue weighted by molar-refractivity contribution is -0.126. The van der Waals surface area contributed by atoms with Crippen molar-refractivity contribution in [1.29, 1.82) is 0 Å². The summed E-state index contributed by atoms with van der Waals surface area (Å²) in [6.07, 6.45) is 3.22. The predicted molar refractivity (Wildman–Crippen MR) is 106 cm³/mol. The summed E-state index contributed by atoms with van der Waals surface area (Å²) < 4.78 is 27.0. The molecular formula is C21H26N2O3S. The van der Waals surface area contributed by atoms with Crippen molar-refractivity contribution in [3.63, 3.8) is 0 Å². The fraction of sp³-hybridized carbons (Fsp3) is 0.381. The van der Waals surface area contributed by atoms with E-state index in [4.69, 9.17) is 0 Å². The molecule has 0 saturated carbocycles. The fourth-order valence-corrected chi connectivity index (χ4v) is 4.95. The average Bonchev–Trinajstić information content (AvgIpc) is 2.72. The van der Waals surface area contributed by atoms with Gasteiger partial charge in [0, 0.05) is 19.6 Å². The second kappa shape index (κ2) is 9.15. The highest BCUT2D eigenvalue weighted by Crippen LogP contribution is 2.23. The molecule has 1 heterocycles. The number of hydrogen-bond donors (Lipinski definition) is 1. The third-order valence-corrected chi connectivity index (χ3v) is 6.80. The topological polar surface area (TPSA) is 66.5 Å². The maximum atomic E-state index is 12.8. The number of rotatable bonds is 7. The van der Waals surface area contributed by atoms with Gasteiger partial charge in [0.1, 0.15) is 0 Å². The molecule has 1 amide bonds. The molecule has 1 N–H and O–H groups in total. The van der Waals surface area contributed by atoms with Crippen LogP contribution in [0.3, 0.4) is 0 Å². The van der Waals surface area contributed by atoms with Gasteiger partial charge in [0.2, 0.25) is 15.9 Å². The molecular weight excluding hydrogens is 360 g/mol. The molecule has 0 aromatic heterocycles. The highest BCUT2D eigenvalue weighted by Gasteiger charge is 2.33. The third kappa shape index (κ3) is 5.17. The molecule has 0 aliphatic carbocycles. The Morgan fingerprint density at radius 2 is 1.70 bits per heavy atom. The Kier molecular flexibility index (Phi) is 6.63. The molecule has 2 aromatic carbocycles. The lowest BCUT2D eigenvalue weighted by atomic mass is 9.99. The van der Waals surface area contributed by atoms with Crippen molar-refractivity contribution < 1.29 is 13.2 Å². The second-order valence-electron chi connectivity index (χ2n) is 6.90. The minimum atomic E-state index is -3.54. The highest BCUT2D eigenvalue weighted by atomic mass is 32.2. The number of nitrogens with one attached hydrogen (secondary N) is 1. The summed E-state index contributed by atoms with van der Waals surface area (Å²) in [5.74, 6) is -0.329. The lowest BCUT2D eigenvalue weighted by Crippen LogP contribution is -2.45. The number of amides is 1. The molecule has 144 valence electrons. The smallest absolute Gasteiger partial charge is 0.243 e. The van der Waals surface area contributed by atoms with Crippen LogP contribution in [0.4, 0.5) is 0 Å². The van der Waals surface area contributed by atoms with Crippen LogP contribution in [0.5, 0.6) is 0 Å². The van der Waals surface area contributed by atoms with Gasteiger partial charge in [-0.05, 0) is 43.4 Å². The number of aryl methyl sites for hydroxylation is 1. The van der Waals surface area contributed by atoms with Crippen molar-refractivity contribution in [3.05, 3.63) is 66.2 Å². The molecule has 0 radical (unpaired) electrons. The Bertz CT molecular complexity index is 838. The number of piperidine rings is 1. The number of carbonyl (C=O) groups excluding carboxylic acids is 1. The van der Waals surface area contributed by atoms with Crippen LogP contribution in [0, 0.1) is 5.92 Å². The monoisotopic (exact) mass is 386 g/mol. The zero-order valence-electron chi connectivity index (χ0n) is 15.4. The number of sulfonamides is 1. The Labute approximate surface area is 161 Å². The molecule has 1 atom stereocenters. The lowest BCUT2D eigenvalue weighted by Gasteiger charge is -2.31. The SMILES string of the molecule is O=C(NCCCc1ccccc1)[C@H]1CCCN(S(=O)(=O)c2ccccc2)C1. The van der Waals surface area contributed by atoms with E-state index in [0.29, 0.717) is 19.5 Å². The van der Waals surface area contributed by atoms with Crippen molar-refractivity contribution in [2.75, 3.05) is 19.6 Å². The molecule has 5 nitrogen and oxygen atoms in total. The quantitative estimate of drug-likeness (QED) is 0.744. The van der Waals surface area contributed by atoms with Crippen LogP contribution < -0.4 is 5.32 Å². The van der Waals surface area contributed by atoms with Crippen molar-refractivity contribution in [3.8, 4) is 0 Å². The van der Waals surface area contributed by atoms with E-state index in [-0.39, 0.29) is 23.3 Å². The summed E-state index contributed by atoms with van der Waals surface area (Å²) in [5, 5.41) is 2.97. The molecule has 1 aliphatic heterocycles. The second-order valence-corrected chi connectivity index (χ2v) is 8.83. The number of nitrogens with zero attached hydrogens (tertiary/aromatic N) is 1. The van der Waals surface area contributed by atoms with E-state index in [2.05, 4.69) is 17.4 Å². The third-order valence-electron chi connectivity index (χ3n) is 4.92. The van der Waals surface area contributed by atoms with Gasteiger partial charge in [-0.25, -0.2) is 8.42 Å². The standard InChI is InChI=1S/C21H26N2O3S/c24-21(22-15-7-11-18-9-3-1-4-10-18)19-12-8-16-23(17-19)27(25,26)20-13-5-2-6-14-20/h1-6,9-10,13-14,19H,7-8,11-12,15-17H2,(H,22,24)/t19-/m0/s1. The molecule has 0 bridgehead atoms. The number of hydrogen-bond acceptors (Lipinski definition) is 3. The summed E-state index contributed by atoms with van der Waals surface area (Å²) in [4.78, 5) is 12.8. The molecule has 0 spiro atoms. The van der Waals surface area contributed by atoms with Gasteiger partial charge in [-0.15, -0.1) is 0 Å². The minimum absolute atomic E-state index is 0.0453. The van der Waals surface area contributed by atoms with Gasteiger partial charge in [-0.1, -0.05) is 48.5 Å². The Morgan fingerprint density at radius 1 is 1.04 bits per heavy atom. The van der Waals surface area contributed by atoms with Gasteiger partial charge in [-0.3, -0.25) is 4.79 Å². The van der Waals surface area contributed by atoms with Crippen LogP contribution in [-0.4, -0.2) is 38.3 Å². The van der Waals surface area contributed by atoms with Gasteiger partial charge >= 0.3 is 0 Å². The van der Waals surface area contributed by atoms with E-state index in [1.807, 2.05) is 18.2 Å². The van der Waals surface area contributed by atoms with Crippen molar-refractivity contribution in [2.24, 2.45) is 5.92 Å². The molecule has 3 rings (SSSR count). The van der Waals surface area contributed by atoms with E-state index < -0.39 is 10.0 Å². The van der Waals surface area contributed by atoms with E-state index in [0.717, 1.165) is 19.3 Å². The fourth-order valence-electron chi connectivity index (χ4n) is 3.41. The van der Waals surface area contributed by atoms with Gasteiger partial charge in [0.15, 0.2) is 0 Å². The van der Waals surface area contributed by atoms with Gasteiger partial charge < -0.3 is 5.32 Å². The maximum Gasteiger partial charge on any atom is 0.243 e. The predicted octanol–water partition coefficient (Wildman–Crippen LogP) is 2.84. The molecule has 2 aromatic rings. The van der Waals surface area contributed by atoms with Crippen molar-refractivity contribution in [2.45, 2.75) is 30.6 Å². The molecule has 1 fully saturated rings. The zero-order valence-corrected chi connectivity index (χ0v) is 16.2. The van der Waals surface area contributed by atoms with E-state index in [1.54, 1.807) is 30.3 Å². The molecule has 27 heavy (non-hydrogen) atoms. The average molecular weight is 387 g/mol. The summed E-state index contributed by atoms with van der Waals surface area (Å²) >= 11 is 0. The summed E-state index contributed by atoms with van der Waals surface area (Å²) in [6, 6.07) is 18.6. The number of benzene rings is 2. The van der Waals surface area contributed by atoms with Gasteiger partial charge in [0.05, 0.1) is 10.8 Å². The van der Waals surface area contributed by atoms with Crippen molar-refractivity contribution in [1.82, 2.24) is 9.62 Å². The first kappa shape index (κ1) is 19.6. The molecule has 6 heteroatoms. The Hall–Kier alpha value is -2.18. The summed E-state index contributed by atoms with van der Waals surface area (Å²) in [7, 11) is -3.54. The summed E-state index contributed by atoms with van der Waals surface area (Å²) in [5.41, 5.74) is 1.25. The highest BCUT2D eigenvalue weighted by molar-refractivity contribution is 7.89. The molecule has 0 unspecified atom stereocenters. The first-order valence-electron chi connectivity index (χ1n) is 9.44. The largest absolute Gasteiger partial charge is 0.356 e. The van der Waals surface area contributed by atoms with Crippen LogP contribution in [-0.2, 0) is 21.2 Å². The van der Waals surface area contributed by atoms with Crippen LogP contribution in [0.25, 0.3) is 0 Å². The number of carbonyl (C=O) groups is 1. The Balaban J connectivity index is 1.51. The van der Waals surface area contributed by atoms with Crippen LogP contribution in [0.15, 0.2) is 65.6 Å². The van der Waals surface area contributed by atoms with Crippen molar-refractivity contribution >= 4 is 15.9 Å². The first-order chi connectivity index (χ1) is 13.1. The van der Waals surface area contributed by atoms with E-state index >= 15 is 0 Å². The van der Waals surface area contributed by atoms with E-state index in [9.17, 15) is 13.2 Å². The normalized spacial score (nSPS) is 18.1. The zero-order chi connectivity index (χ0) is 19.1.